The molecule has 5 N–H and O–H groups in total. The molecule has 2 aliphatic carbocycles. The molecule has 2 aromatic rings. The Kier molecular flexibility index (Phi) is 8.53. The minimum Gasteiger partial charge on any atom is -0.434 e. The quantitative estimate of drug-likeness (QED) is 0.296. The van der Waals surface area contributed by atoms with E-state index in [9.17, 15) is 32.8 Å². The molecule has 45 heavy (non-hydrogen) atoms. The lowest BCUT2D eigenvalue weighted by molar-refractivity contribution is -0.149. The Morgan fingerprint density at radius 3 is 2.53 bits per heavy atom. The highest BCUT2D eigenvalue weighted by Crippen LogP contribution is 2.54. The second-order valence-corrected chi connectivity index (χ2v) is 12.9. The van der Waals surface area contributed by atoms with Crippen molar-refractivity contribution in [2.75, 3.05) is 13.1 Å². The third kappa shape index (κ3) is 5.54. The van der Waals surface area contributed by atoms with E-state index < -0.39 is 53.4 Å². The maximum atomic E-state index is 14.4. The van der Waals surface area contributed by atoms with Gasteiger partial charge in [0.25, 0.3) is 11.8 Å². The van der Waals surface area contributed by atoms with Crippen LogP contribution in [0, 0.1) is 23.7 Å². The maximum absolute atomic E-state index is 14.4. The zero-order valence-electron chi connectivity index (χ0n) is 25.0. The van der Waals surface area contributed by atoms with Crippen LogP contribution in [0.1, 0.15) is 74.7 Å². The van der Waals surface area contributed by atoms with Gasteiger partial charge in [-0.3, -0.25) is 24.0 Å². The van der Waals surface area contributed by atoms with Gasteiger partial charge in [0.2, 0.25) is 17.6 Å². The molecule has 3 heterocycles. The normalized spacial score (nSPS) is 27.4. The molecule has 11 nitrogen and oxygen atoms in total. The van der Waals surface area contributed by atoms with Crippen molar-refractivity contribution in [1.82, 2.24) is 20.5 Å². The first-order valence-corrected chi connectivity index (χ1v) is 15.9. The number of halogens is 2. The summed E-state index contributed by atoms with van der Waals surface area (Å²) in [5.41, 5.74) is 4.74. The summed E-state index contributed by atoms with van der Waals surface area (Å²) in [7, 11) is 0. The first-order chi connectivity index (χ1) is 21.6. The van der Waals surface area contributed by atoms with Crippen LogP contribution in [-0.2, 0) is 19.2 Å². The van der Waals surface area contributed by atoms with Crippen molar-refractivity contribution < 1.29 is 37.5 Å². The van der Waals surface area contributed by atoms with Crippen molar-refractivity contribution in [2.24, 2.45) is 29.4 Å². The van der Waals surface area contributed by atoms with Crippen LogP contribution >= 0.6 is 0 Å². The Balaban J connectivity index is 1.42. The van der Waals surface area contributed by atoms with E-state index in [2.05, 4.69) is 20.4 Å². The number of Topliss-reactive ketones (excluding diaryl/α,β-unsaturated/α-hetero) is 1. The molecular formula is C32H39F2N5O6. The molecule has 6 rings (SSSR count). The van der Waals surface area contributed by atoms with Gasteiger partial charge in [-0.2, -0.15) is 8.78 Å². The zero-order chi connectivity index (χ0) is 31.9. The van der Waals surface area contributed by atoms with Crippen LogP contribution in [0.3, 0.4) is 0 Å². The maximum Gasteiger partial charge on any atom is 0.387 e. The van der Waals surface area contributed by atoms with Gasteiger partial charge in [0, 0.05) is 36.0 Å². The highest BCUT2D eigenvalue weighted by molar-refractivity contribution is 6.38. The molecule has 4 fully saturated rings. The number of rotatable bonds is 10. The smallest absolute Gasteiger partial charge is 0.387 e. The minimum absolute atomic E-state index is 0.00243. The molecule has 13 heteroatoms. The predicted molar refractivity (Wildman–Crippen MR) is 158 cm³/mol. The number of ketones is 1. The number of carbonyl (C=O) groups is 5. The summed E-state index contributed by atoms with van der Waals surface area (Å²) in [6, 6.07) is 5.67. The Bertz CT molecular complexity index is 1510. The van der Waals surface area contributed by atoms with Crippen LogP contribution in [0.25, 0.3) is 10.9 Å². The molecule has 1 aromatic carbocycles. The summed E-state index contributed by atoms with van der Waals surface area (Å²) < 4.78 is 30.9. The number of alkyl halides is 2. The van der Waals surface area contributed by atoms with Gasteiger partial charge in [0.05, 0.1) is 5.92 Å². The average molecular weight is 628 g/mol. The number of aromatic nitrogens is 1. The molecule has 4 amide bonds. The number of hydrogen-bond acceptors (Lipinski definition) is 6. The van der Waals surface area contributed by atoms with Crippen LogP contribution < -0.4 is 21.1 Å². The van der Waals surface area contributed by atoms with Crippen LogP contribution in [-0.4, -0.2) is 70.6 Å². The molecule has 3 unspecified atom stereocenters. The molecule has 2 saturated carbocycles. The van der Waals surface area contributed by atoms with Gasteiger partial charge < -0.3 is 31.0 Å². The lowest BCUT2D eigenvalue weighted by Crippen LogP contribution is -2.66. The van der Waals surface area contributed by atoms with Gasteiger partial charge in [0.1, 0.15) is 17.0 Å². The van der Waals surface area contributed by atoms with Gasteiger partial charge in [-0.1, -0.05) is 31.7 Å². The number of benzene rings is 1. The van der Waals surface area contributed by atoms with Crippen LogP contribution in [0.15, 0.2) is 24.3 Å². The lowest BCUT2D eigenvalue weighted by atomic mass is 9.66. The molecule has 5 atom stereocenters. The Hall–Kier alpha value is -4.03. The van der Waals surface area contributed by atoms with Crippen molar-refractivity contribution in [2.45, 2.75) is 82.4 Å². The number of carbonyl (C=O) groups excluding carboxylic acids is 5. The SMILES string of the molecule is NC(=O)C1([C@H](C[C@H]2CCNC2=O)C(=O)C(=O)NC2CCCCC2)C2CCCC2CN1C(=O)c1cc2c(OC(F)F)cccc2[nH]1. The first kappa shape index (κ1) is 31.0. The number of likely N-dealkylation sites (tertiary alicyclic amines) is 1. The number of amides is 4. The Morgan fingerprint density at radius 1 is 1.07 bits per heavy atom. The fraction of sp³-hybridized carbons (Fsp3) is 0.594. The first-order valence-electron chi connectivity index (χ1n) is 15.9. The predicted octanol–water partition coefficient (Wildman–Crippen LogP) is 3.03. The highest BCUT2D eigenvalue weighted by Gasteiger charge is 2.66. The van der Waals surface area contributed by atoms with Crippen LogP contribution in [0.2, 0.25) is 0 Å². The Morgan fingerprint density at radius 2 is 1.84 bits per heavy atom. The standard InChI is InChI=1S/C32H39F2N5O6/c33-31(34)45-25-11-5-10-23-20(25)15-24(38-23)29(43)39-16-18-6-4-9-21(18)32(39,30(35)44)22(14-17-12-13-36-27(17)41)26(40)28(42)37-19-7-2-1-3-8-19/h5,10-11,15,17-19,21-22,31,38H,1-4,6-9,12-14,16H2,(H2,35,44)(H,36,41)(H,37,42)/t17-,18?,21?,22-,32?/m1/s1. The number of primary amides is 1. The van der Waals surface area contributed by atoms with E-state index in [4.69, 9.17) is 5.73 Å². The number of fused-ring (bicyclic) bond motifs is 2. The van der Waals surface area contributed by atoms with Gasteiger partial charge in [-0.15, -0.1) is 0 Å². The molecular weight excluding hydrogens is 588 g/mol. The second-order valence-electron chi connectivity index (χ2n) is 12.9. The van der Waals surface area contributed by atoms with Gasteiger partial charge >= 0.3 is 6.61 Å². The molecule has 0 spiro atoms. The number of H-pyrrole nitrogens is 1. The van der Waals surface area contributed by atoms with E-state index in [0.29, 0.717) is 31.3 Å². The summed E-state index contributed by atoms with van der Waals surface area (Å²) in [4.78, 5) is 73.3. The van der Waals surface area contributed by atoms with E-state index >= 15 is 0 Å². The molecule has 2 saturated heterocycles. The molecule has 2 aliphatic heterocycles. The largest absolute Gasteiger partial charge is 0.434 e. The number of hydrogen-bond donors (Lipinski definition) is 4. The van der Waals surface area contributed by atoms with Crippen LogP contribution in [0.4, 0.5) is 8.78 Å². The van der Waals surface area contributed by atoms with Crippen molar-refractivity contribution in [3.8, 4) is 5.75 Å². The second kappa shape index (κ2) is 12.4. The van der Waals surface area contributed by atoms with Crippen molar-refractivity contribution >= 4 is 40.3 Å². The summed E-state index contributed by atoms with van der Waals surface area (Å²) in [6.45, 7) is -2.56. The van der Waals surface area contributed by atoms with E-state index in [-0.39, 0.29) is 47.7 Å². The monoisotopic (exact) mass is 627 g/mol. The van der Waals surface area contributed by atoms with Gasteiger partial charge in [0.15, 0.2) is 0 Å². The molecule has 0 radical (unpaired) electrons. The average Bonchev–Trinajstić information content (AvgIpc) is 3.80. The Labute approximate surface area is 259 Å². The number of nitrogens with zero attached hydrogens (tertiary/aromatic N) is 1. The number of nitrogens with one attached hydrogen (secondary N) is 3. The van der Waals surface area contributed by atoms with Gasteiger partial charge in [-0.25, -0.2) is 0 Å². The van der Waals surface area contributed by atoms with Crippen molar-refractivity contribution in [3.63, 3.8) is 0 Å². The van der Waals surface area contributed by atoms with Gasteiger partial charge in [-0.05, 0) is 68.6 Å². The minimum atomic E-state index is -3.08. The highest BCUT2D eigenvalue weighted by atomic mass is 19.3. The number of aromatic amines is 1. The zero-order valence-corrected chi connectivity index (χ0v) is 25.0. The van der Waals surface area contributed by atoms with Crippen molar-refractivity contribution in [3.05, 3.63) is 30.0 Å². The van der Waals surface area contributed by atoms with Crippen LogP contribution in [0.5, 0.6) is 5.75 Å². The van der Waals surface area contributed by atoms with E-state index in [1.54, 1.807) is 6.07 Å². The number of nitrogens with two attached hydrogens (primary N) is 1. The van der Waals surface area contributed by atoms with Crippen molar-refractivity contribution in [1.29, 1.82) is 0 Å². The summed E-state index contributed by atoms with van der Waals surface area (Å²) >= 11 is 0. The third-order valence-corrected chi connectivity index (χ3v) is 10.5. The van der Waals surface area contributed by atoms with E-state index in [1.165, 1.54) is 23.1 Å². The summed E-state index contributed by atoms with van der Waals surface area (Å²) in [6.07, 6.45) is 6.65. The van der Waals surface area contributed by atoms with E-state index in [0.717, 1.165) is 38.5 Å². The topological polar surface area (TPSA) is 164 Å². The third-order valence-electron chi connectivity index (χ3n) is 10.5. The lowest BCUT2D eigenvalue weighted by Gasteiger charge is -2.44. The molecule has 0 bridgehead atoms. The fourth-order valence-electron chi connectivity index (χ4n) is 8.49. The summed E-state index contributed by atoms with van der Waals surface area (Å²) in [5, 5.41) is 5.87. The summed E-state index contributed by atoms with van der Waals surface area (Å²) in [5.74, 6) is -6.29. The molecule has 242 valence electrons. The fourth-order valence-corrected chi connectivity index (χ4v) is 8.49. The van der Waals surface area contributed by atoms with E-state index in [1.807, 2.05) is 0 Å². The molecule has 1 aromatic heterocycles. The number of ether oxygens (including phenoxy) is 1. The molecule has 4 aliphatic rings.